The fourth-order valence-corrected chi connectivity index (χ4v) is 2.65. The summed E-state index contributed by atoms with van der Waals surface area (Å²) < 4.78 is 49.2. The summed E-state index contributed by atoms with van der Waals surface area (Å²) in [7, 11) is 1.62. The number of nitrogens with zero attached hydrogens (tertiary/aromatic N) is 1. The highest BCUT2D eigenvalue weighted by Gasteiger charge is 2.30. The summed E-state index contributed by atoms with van der Waals surface area (Å²) >= 11 is 0. The van der Waals surface area contributed by atoms with Crippen LogP contribution in [0.25, 0.3) is 6.08 Å². The molecule has 2 aromatic carbocycles. The van der Waals surface area contributed by atoms with Crippen molar-refractivity contribution in [1.82, 2.24) is 4.90 Å². The van der Waals surface area contributed by atoms with Gasteiger partial charge in [-0.05, 0) is 41.5 Å². The number of benzene rings is 2. The van der Waals surface area contributed by atoms with Gasteiger partial charge < -0.3 is 14.4 Å². The maximum atomic E-state index is 12.7. The molecule has 27 heavy (non-hydrogen) atoms. The van der Waals surface area contributed by atoms with Crippen LogP contribution in [0, 0.1) is 0 Å². The van der Waals surface area contributed by atoms with Gasteiger partial charge in [0.05, 0.1) is 5.56 Å². The van der Waals surface area contributed by atoms with Gasteiger partial charge in [0.15, 0.2) is 11.5 Å². The standard InChI is InChI=1S/C20H18F3NO3/c1-24(13-15-5-7-17-18(12-15)27-10-9-26-17)19(25)8-6-14-3-2-4-16(11-14)20(21,22)23/h2-8,11-12H,9-10,13H2,1H3. The average Bonchev–Trinajstić information content (AvgIpc) is 2.65. The first-order valence-electron chi connectivity index (χ1n) is 8.32. The molecule has 4 nitrogen and oxygen atoms in total. The molecule has 1 amide bonds. The van der Waals surface area contributed by atoms with Crippen LogP contribution in [0.4, 0.5) is 13.2 Å². The molecule has 0 unspecified atom stereocenters. The van der Waals surface area contributed by atoms with E-state index < -0.39 is 11.7 Å². The third-order valence-corrected chi connectivity index (χ3v) is 4.03. The second-order valence-corrected chi connectivity index (χ2v) is 6.13. The van der Waals surface area contributed by atoms with Crippen molar-refractivity contribution < 1.29 is 27.4 Å². The molecule has 0 spiro atoms. The highest BCUT2D eigenvalue weighted by Crippen LogP contribution is 2.31. The van der Waals surface area contributed by atoms with E-state index in [4.69, 9.17) is 9.47 Å². The lowest BCUT2D eigenvalue weighted by Gasteiger charge is -2.20. The van der Waals surface area contributed by atoms with Crippen molar-refractivity contribution in [3.05, 3.63) is 65.2 Å². The van der Waals surface area contributed by atoms with Gasteiger partial charge in [-0.3, -0.25) is 4.79 Å². The SMILES string of the molecule is CN(Cc1ccc2c(c1)OCCO2)C(=O)C=Cc1cccc(C(F)(F)F)c1. The largest absolute Gasteiger partial charge is 0.486 e. The molecule has 0 atom stereocenters. The normalized spacial score (nSPS) is 13.6. The molecule has 0 saturated heterocycles. The van der Waals surface area contributed by atoms with Crippen molar-refractivity contribution in [3.63, 3.8) is 0 Å². The van der Waals surface area contributed by atoms with Crippen molar-refractivity contribution in [1.29, 1.82) is 0 Å². The Labute approximate surface area is 154 Å². The van der Waals surface area contributed by atoms with E-state index in [1.807, 2.05) is 12.1 Å². The summed E-state index contributed by atoms with van der Waals surface area (Å²) in [5.74, 6) is 0.991. The molecule has 1 aliphatic rings. The maximum Gasteiger partial charge on any atom is 0.416 e. The number of ether oxygens (including phenoxy) is 2. The number of fused-ring (bicyclic) bond motifs is 1. The van der Waals surface area contributed by atoms with Gasteiger partial charge in [0.25, 0.3) is 0 Å². The minimum atomic E-state index is -4.41. The Bertz CT molecular complexity index is 862. The summed E-state index contributed by atoms with van der Waals surface area (Å²) in [6, 6.07) is 10.3. The molecule has 0 N–H and O–H groups in total. The Kier molecular flexibility index (Phi) is 5.39. The van der Waals surface area contributed by atoms with Crippen LogP contribution in [0.15, 0.2) is 48.5 Å². The zero-order chi connectivity index (χ0) is 19.4. The van der Waals surface area contributed by atoms with Crippen molar-refractivity contribution >= 4 is 12.0 Å². The highest BCUT2D eigenvalue weighted by molar-refractivity contribution is 5.91. The van der Waals surface area contributed by atoms with E-state index in [0.717, 1.165) is 17.7 Å². The van der Waals surface area contributed by atoms with Gasteiger partial charge in [-0.2, -0.15) is 13.2 Å². The molecule has 0 fully saturated rings. The number of halogens is 3. The fourth-order valence-electron chi connectivity index (χ4n) is 2.65. The Morgan fingerprint density at radius 3 is 2.59 bits per heavy atom. The molecule has 0 radical (unpaired) electrons. The lowest BCUT2D eigenvalue weighted by molar-refractivity contribution is -0.137. The van der Waals surface area contributed by atoms with Crippen LogP contribution >= 0.6 is 0 Å². The van der Waals surface area contributed by atoms with Crippen molar-refractivity contribution in [2.24, 2.45) is 0 Å². The van der Waals surface area contributed by atoms with E-state index in [0.29, 0.717) is 36.8 Å². The number of hydrogen-bond donors (Lipinski definition) is 0. The second-order valence-electron chi connectivity index (χ2n) is 6.13. The molecule has 1 aliphatic heterocycles. The zero-order valence-corrected chi connectivity index (χ0v) is 14.6. The number of carbonyl (C=O) groups is 1. The number of rotatable bonds is 4. The zero-order valence-electron chi connectivity index (χ0n) is 14.6. The van der Waals surface area contributed by atoms with Crippen LogP contribution in [-0.4, -0.2) is 31.1 Å². The Balaban J connectivity index is 1.65. The van der Waals surface area contributed by atoms with Gasteiger partial charge in [0.1, 0.15) is 13.2 Å². The van der Waals surface area contributed by atoms with Crippen LogP contribution in [-0.2, 0) is 17.5 Å². The number of likely N-dealkylation sites (N-methyl/N-ethyl adjacent to an activating group) is 1. The van der Waals surface area contributed by atoms with Crippen molar-refractivity contribution in [2.75, 3.05) is 20.3 Å². The molecule has 3 rings (SSSR count). The molecular weight excluding hydrogens is 359 g/mol. The quantitative estimate of drug-likeness (QED) is 0.752. The number of carbonyl (C=O) groups excluding carboxylic acids is 1. The molecular formula is C20H18F3NO3. The van der Waals surface area contributed by atoms with Gasteiger partial charge in [0.2, 0.25) is 5.91 Å². The third kappa shape index (κ3) is 4.81. The van der Waals surface area contributed by atoms with Crippen LogP contribution in [0.2, 0.25) is 0 Å². The number of amides is 1. The molecule has 0 aromatic heterocycles. The summed E-state index contributed by atoms with van der Waals surface area (Å²) in [5.41, 5.74) is 0.426. The summed E-state index contributed by atoms with van der Waals surface area (Å²) in [6.45, 7) is 1.32. The van der Waals surface area contributed by atoms with Crippen molar-refractivity contribution in [2.45, 2.75) is 12.7 Å². The van der Waals surface area contributed by atoms with Crippen LogP contribution in [0.1, 0.15) is 16.7 Å². The molecule has 0 bridgehead atoms. The highest BCUT2D eigenvalue weighted by atomic mass is 19.4. The Morgan fingerprint density at radius 2 is 1.85 bits per heavy atom. The first-order chi connectivity index (χ1) is 12.8. The molecule has 2 aromatic rings. The third-order valence-electron chi connectivity index (χ3n) is 4.03. The Morgan fingerprint density at radius 1 is 1.11 bits per heavy atom. The van der Waals surface area contributed by atoms with E-state index in [1.54, 1.807) is 13.1 Å². The predicted octanol–water partition coefficient (Wildman–Crippen LogP) is 4.15. The monoisotopic (exact) mass is 377 g/mol. The first-order valence-corrected chi connectivity index (χ1v) is 8.32. The van der Waals surface area contributed by atoms with Crippen molar-refractivity contribution in [3.8, 4) is 11.5 Å². The van der Waals surface area contributed by atoms with Crippen LogP contribution in [0.3, 0.4) is 0 Å². The van der Waals surface area contributed by atoms with E-state index in [9.17, 15) is 18.0 Å². The number of hydrogen-bond acceptors (Lipinski definition) is 3. The van der Waals surface area contributed by atoms with Gasteiger partial charge in [-0.1, -0.05) is 18.2 Å². The molecule has 0 saturated carbocycles. The predicted molar refractivity (Wildman–Crippen MR) is 94.4 cm³/mol. The summed E-state index contributed by atoms with van der Waals surface area (Å²) in [4.78, 5) is 13.7. The first kappa shape index (κ1) is 18.8. The van der Waals surface area contributed by atoms with Gasteiger partial charge in [0, 0.05) is 19.7 Å². The van der Waals surface area contributed by atoms with E-state index in [2.05, 4.69) is 0 Å². The van der Waals surface area contributed by atoms with Gasteiger partial charge in [-0.25, -0.2) is 0 Å². The fraction of sp³-hybridized carbons (Fsp3) is 0.250. The summed E-state index contributed by atoms with van der Waals surface area (Å²) in [6.07, 6.45) is -1.78. The lowest BCUT2D eigenvalue weighted by atomic mass is 10.1. The smallest absolute Gasteiger partial charge is 0.416 e. The number of alkyl halides is 3. The maximum absolute atomic E-state index is 12.7. The molecule has 1 heterocycles. The average molecular weight is 377 g/mol. The van der Waals surface area contributed by atoms with Crippen LogP contribution < -0.4 is 9.47 Å². The van der Waals surface area contributed by atoms with E-state index >= 15 is 0 Å². The second kappa shape index (κ2) is 7.73. The van der Waals surface area contributed by atoms with E-state index in [-0.39, 0.29) is 5.91 Å². The summed E-state index contributed by atoms with van der Waals surface area (Å²) in [5, 5.41) is 0. The van der Waals surface area contributed by atoms with Gasteiger partial charge >= 0.3 is 6.18 Å². The topological polar surface area (TPSA) is 38.8 Å². The molecule has 0 aliphatic carbocycles. The van der Waals surface area contributed by atoms with Gasteiger partial charge in [-0.15, -0.1) is 0 Å². The molecule has 142 valence electrons. The molecule has 7 heteroatoms. The van der Waals surface area contributed by atoms with E-state index in [1.165, 1.54) is 29.2 Å². The minimum absolute atomic E-state index is 0.311. The Hall–Kier alpha value is -2.96. The van der Waals surface area contributed by atoms with Crippen LogP contribution in [0.5, 0.6) is 11.5 Å². The lowest BCUT2D eigenvalue weighted by Crippen LogP contribution is -2.24. The minimum Gasteiger partial charge on any atom is -0.486 e.